The highest BCUT2D eigenvalue weighted by atomic mass is 35.5. The molecule has 106 valence electrons. The molecule has 0 fully saturated rings. The summed E-state index contributed by atoms with van der Waals surface area (Å²) >= 11 is 0. The molecule has 0 saturated carbocycles. The van der Waals surface area contributed by atoms with Gasteiger partial charge < -0.3 is 16.0 Å². The molecule has 1 rings (SSSR count). The van der Waals surface area contributed by atoms with E-state index < -0.39 is 5.91 Å². The topological polar surface area (TPSA) is 75.4 Å². The fourth-order valence-corrected chi connectivity index (χ4v) is 1.77. The molecule has 0 bridgehead atoms. The van der Waals surface area contributed by atoms with Crippen LogP contribution in [-0.2, 0) is 9.59 Å². The van der Waals surface area contributed by atoms with E-state index in [4.69, 9.17) is 5.73 Å². The summed E-state index contributed by atoms with van der Waals surface area (Å²) in [6.07, 6.45) is 0. The lowest BCUT2D eigenvalue weighted by atomic mass is 10.1. The van der Waals surface area contributed by atoms with Crippen LogP contribution in [0.1, 0.15) is 18.5 Å². The van der Waals surface area contributed by atoms with Crippen LogP contribution < -0.4 is 11.1 Å². The number of likely N-dealkylation sites (N-methyl/N-ethyl adjacent to an activating group) is 1. The van der Waals surface area contributed by atoms with Gasteiger partial charge >= 0.3 is 0 Å². The zero-order valence-electron chi connectivity index (χ0n) is 11.1. The van der Waals surface area contributed by atoms with Crippen LogP contribution in [-0.4, -0.2) is 36.9 Å². The van der Waals surface area contributed by atoms with Crippen molar-refractivity contribution in [1.82, 2.24) is 10.2 Å². The van der Waals surface area contributed by atoms with Crippen molar-refractivity contribution in [2.45, 2.75) is 13.0 Å². The minimum atomic E-state index is -0.512. The van der Waals surface area contributed by atoms with Crippen LogP contribution >= 0.6 is 12.4 Å². The Balaban J connectivity index is 0.00000324. The van der Waals surface area contributed by atoms with Gasteiger partial charge in [-0.3, -0.25) is 9.59 Å². The van der Waals surface area contributed by atoms with Crippen LogP contribution in [0.2, 0.25) is 0 Å². The first-order chi connectivity index (χ1) is 8.56. The molecule has 5 nitrogen and oxygen atoms in total. The monoisotopic (exact) mass is 285 g/mol. The Morgan fingerprint density at radius 1 is 1.32 bits per heavy atom. The molecule has 0 saturated heterocycles. The summed E-state index contributed by atoms with van der Waals surface area (Å²) in [7, 11) is 1.69. The SMILES string of the molecule is CNCC(=O)N(CC(N)=O)[C@H](C)c1ccccc1.Cl. The standard InChI is InChI=1S/C13H19N3O2.ClH/c1-10(11-6-4-3-5-7-11)16(9-12(14)17)13(18)8-15-2;/h3-7,10,15H,8-9H2,1-2H3,(H2,14,17);1H/t10-;/m1./s1. The maximum Gasteiger partial charge on any atom is 0.237 e. The second-order valence-corrected chi connectivity index (χ2v) is 4.10. The summed E-state index contributed by atoms with van der Waals surface area (Å²) in [6.45, 7) is 1.99. The Morgan fingerprint density at radius 2 is 1.89 bits per heavy atom. The first-order valence-corrected chi connectivity index (χ1v) is 5.83. The number of halogens is 1. The van der Waals surface area contributed by atoms with Gasteiger partial charge in [-0.05, 0) is 19.5 Å². The van der Waals surface area contributed by atoms with Gasteiger partial charge in [0, 0.05) is 0 Å². The zero-order chi connectivity index (χ0) is 13.5. The number of nitrogens with one attached hydrogen (secondary N) is 1. The Bertz CT molecular complexity index is 412. The molecule has 2 amide bonds. The lowest BCUT2D eigenvalue weighted by Gasteiger charge is -2.28. The molecule has 1 aromatic rings. The Morgan fingerprint density at radius 3 is 2.37 bits per heavy atom. The minimum absolute atomic E-state index is 0. The number of carbonyl (C=O) groups excluding carboxylic acids is 2. The predicted molar refractivity (Wildman–Crippen MR) is 76.9 cm³/mol. The van der Waals surface area contributed by atoms with Crippen LogP contribution in [0.5, 0.6) is 0 Å². The number of amides is 2. The van der Waals surface area contributed by atoms with E-state index in [0.29, 0.717) is 0 Å². The van der Waals surface area contributed by atoms with Gasteiger partial charge in [-0.15, -0.1) is 12.4 Å². The van der Waals surface area contributed by atoms with E-state index in [1.165, 1.54) is 4.90 Å². The summed E-state index contributed by atoms with van der Waals surface area (Å²) in [5, 5.41) is 2.78. The van der Waals surface area contributed by atoms with Crippen molar-refractivity contribution < 1.29 is 9.59 Å². The van der Waals surface area contributed by atoms with Crippen LogP contribution in [0.3, 0.4) is 0 Å². The van der Waals surface area contributed by atoms with Gasteiger partial charge in [-0.25, -0.2) is 0 Å². The Labute approximate surface area is 119 Å². The number of hydrogen-bond acceptors (Lipinski definition) is 3. The minimum Gasteiger partial charge on any atom is -0.368 e. The molecule has 0 heterocycles. The van der Waals surface area contributed by atoms with Gasteiger partial charge in [-0.2, -0.15) is 0 Å². The van der Waals surface area contributed by atoms with Gasteiger partial charge in [0.2, 0.25) is 11.8 Å². The molecular weight excluding hydrogens is 266 g/mol. The molecule has 1 aromatic carbocycles. The lowest BCUT2D eigenvalue weighted by molar-refractivity contribution is -0.136. The first kappa shape index (κ1) is 17.4. The molecule has 0 radical (unpaired) electrons. The van der Waals surface area contributed by atoms with Crippen LogP contribution in [0.4, 0.5) is 0 Å². The number of rotatable bonds is 6. The van der Waals surface area contributed by atoms with Gasteiger partial charge in [-0.1, -0.05) is 30.3 Å². The number of nitrogens with two attached hydrogens (primary N) is 1. The quantitative estimate of drug-likeness (QED) is 0.808. The van der Waals surface area contributed by atoms with Crippen molar-refractivity contribution in [3.63, 3.8) is 0 Å². The lowest BCUT2D eigenvalue weighted by Crippen LogP contribution is -2.43. The van der Waals surface area contributed by atoms with Crippen LogP contribution in [0.25, 0.3) is 0 Å². The second kappa shape index (κ2) is 8.50. The van der Waals surface area contributed by atoms with E-state index in [9.17, 15) is 9.59 Å². The molecule has 0 aromatic heterocycles. The molecular formula is C13H20ClN3O2. The van der Waals surface area contributed by atoms with Crippen LogP contribution in [0, 0.1) is 0 Å². The summed E-state index contributed by atoms with van der Waals surface area (Å²) in [5.41, 5.74) is 6.17. The smallest absolute Gasteiger partial charge is 0.237 e. The third-order valence-electron chi connectivity index (χ3n) is 2.72. The highest BCUT2D eigenvalue weighted by Gasteiger charge is 2.22. The molecule has 19 heavy (non-hydrogen) atoms. The van der Waals surface area contributed by atoms with Gasteiger partial charge in [0.25, 0.3) is 0 Å². The molecule has 0 unspecified atom stereocenters. The number of benzene rings is 1. The highest BCUT2D eigenvalue weighted by molar-refractivity contribution is 5.85. The first-order valence-electron chi connectivity index (χ1n) is 5.83. The number of nitrogens with zero attached hydrogens (tertiary/aromatic N) is 1. The zero-order valence-corrected chi connectivity index (χ0v) is 11.9. The van der Waals surface area contributed by atoms with Crippen molar-refractivity contribution in [1.29, 1.82) is 0 Å². The van der Waals surface area contributed by atoms with Gasteiger partial charge in [0.15, 0.2) is 0 Å². The van der Waals surface area contributed by atoms with Crippen molar-refractivity contribution in [2.75, 3.05) is 20.1 Å². The normalized spacial score (nSPS) is 11.3. The number of hydrogen-bond donors (Lipinski definition) is 2. The van der Waals surface area contributed by atoms with E-state index in [1.54, 1.807) is 7.05 Å². The second-order valence-electron chi connectivity index (χ2n) is 4.10. The van der Waals surface area contributed by atoms with E-state index in [2.05, 4.69) is 5.32 Å². The van der Waals surface area contributed by atoms with Crippen molar-refractivity contribution in [3.8, 4) is 0 Å². The maximum atomic E-state index is 11.9. The van der Waals surface area contributed by atoms with Crippen molar-refractivity contribution in [2.24, 2.45) is 5.73 Å². The predicted octanol–water partition coefficient (Wildman–Crippen LogP) is 0.703. The summed E-state index contributed by atoms with van der Waals surface area (Å²) in [4.78, 5) is 24.5. The average Bonchev–Trinajstić information content (AvgIpc) is 2.36. The molecule has 0 aliphatic carbocycles. The number of carbonyl (C=O) groups is 2. The summed E-state index contributed by atoms with van der Waals surface area (Å²) in [5.74, 6) is -0.658. The molecule has 1 atom stereocenters. The fraction of sp³-hybridized carbons (Fsp3) is 0.385. The Hall–Kier alpha value is -1.59. The summed E-state index contributed by atoms with van der Waals surface area (Å²) < 4.78 is 0. The number of primary amides is 1. The van der Waals surface area contributed by atoms with Gasteiger partial charge in [0.1, 0.15) is 0 Å². The van der Waals surface area contributed by atoms with E-state index >= 15 is 0 Å². The highest BCUT2D eigenvalue weighted by Crippen LogP contribution is 2.19. The molecule has 0 aliphatic rings. The van der Waals surface area contributed by atoms with Crippen LogP contribution in [0.15, 0.2) is 30.3 Å². The molecule has 6 heteroatoms. The largest absolute Gasteiger partial charge is 0.368 e. The maximum absolute atomic E-state index is 11.9. The molecule has 0 aliphatic heterocycles. The molecule has 3 N–H and O–H groups in total. The van der Waals surface area contributed by atoms with E-state index in [0.717, 1.165) is 5.56 Å². The third kappa shape index (κ3) is 5.28. The average molecular weight is 286 g/mol. The van der Waals surface area contributed by atoms with E-state index in [-0.39, 0.29) is 37.4 Å². The summed E-state index contributed by atoms with van der Waals surface area (Å²) in [6, 6.07) is 9.37. The molecule has 0 spiro atoms. The Kier molecular flexibility index (Phi) is 7.79. The van der Waals surface area contributed by atoms with Crippen molar-refractivity contribution >= 4 is 24.2 Å². The van der Waals surface area contributed by atoms with Gasteiger partial charge in [0.05, 0.1) is 19.1 Å². The fourth-order valence-electron chi connectivity index (χ4n) is 1.77. The van der Waals surface area contributed by atoms with E-state index in [1.807, 2.05) is 37.3 Å². The third-order valence-corrected chi connectivity index (χ3v) is 2.72. The van der Waals surface area contributed by atoms with Crippen molar-refractivity contribution in [3.05, 3.63) is 35.9 Å².